The number of carbonyl (C=O) groups excluding carboxylic acids is 2. The van der Waals surface area contributed by atoms with Crippen molar-refractivity contribution in [1.29, 1.82) is 0 Å². The SMILES string of the molecule is CC1OC(OC2C(O)CC(OC3C(O)CC(OC4CCC5(C)C(CCC6C5CC(O)C5(C)C(C7=CC(=O)OC7)CCC65O)C4)OC3C)OC2C)CC(OC(=O)C2OC(O)CC(O)C2O)C1O. The Labute approximate surface area is 384 Å². The molecular weight excluding hydrogens is 868 g/mol. The molecule has 0 aromatic rings. The molecule has 0 aromatic carbocycles. The van der Waals surface area contributed by atoms with E-state index in [9.17, 15) is 50.4 Å². The van der Waals surface area contributed by atoms with Crippen molar-refractivity contribution in [3.63, 3.8) is 0 Å². The molecule has 8 N–H and O–H groups in total. The van der Waals surface area contributed by atoms with Gasteiger partial charge in [0, 0.05) is 37.2 Å². The zero-order chi connectivity index (χ0) is 47.2. The summed E-state index contributed by atoms with van der Waals surface area (Å²) in [6.45, 7) is 9.63. The summed E-state index contributed by atoms with van der Waals surface area (Å²) < 4.78 is 53.1. The lowest BCUT2D eigenvalue weighted by Crippen LogP contribution is -2.67. The first-order valence-corrected chi connectivity index (χ1v) is 24.3. The number of aliphatic hydroxyl groups excluding tert-OH is 7. The van der Waals surface area contributed by atoms with Crippen molar-refractivity contribution in [2.75, 3.05) is 6.61 Å². The molecule has 9 aliphatic rings. The fraction of sp³-hybridized carbons (Fsp3) is 0.915. The van der Waals surface area contributed by atoms with Crippen LogP contribution in [0.25, 0.3) is 0 Å². The topological polar surface area (TPSA) is 279 Å². The van der Waals surface area contributed by atoms with Gasteiger partial charge in [0.1, 0.15) is 37.1 Å². The highest BCUT2D eigenvalue weighted by atomic mass is 16.7. The summed E-state index contributed by atoms with van der Waals surface area (Å²) in [5.41, 5.74) is -1.01. The van der Waals surface area contributed by atoms with Gasteiger partial charge in [-0.15, -0.1) is 0 Å². The van der Waals surface area contributed by atoms with Gasteiger partial charge >= 0.3 is 11.9 Å². The first-order valence-electron chi connectivity index (χ1n) is 24.3. The number of esters is 2. The van der Waals surface area contributed by atoms with Gasteiger partial charge in [0.2, 0.25) is 0 Å². The highest BCUT2D eigenvalue weighted by Crippen LogP contribution is 2.70. The van der Waals surface area contributed by atoms with Crippen molar-refractivity contribution in [3.05, 3.63) is 11.6 Å². The second-order valence-corrected chi connectivity index (χ2v) is 21.5. The van der Waals surface area contributed by atoms with Gasteiger partial charge in [0.15, 0.2) is 31.3 Å². The van der Waals surface area contributed by atoms with Crippen LogP contribution in [0.15, 0.2) is 11.6 Å². The van der Waals surface area contributed by atoms with Crippen molar-refractivity contribution >= 4 is 11.9 Å². The van der Waals surface area contributed by atoms with Crippen molar-refractivity contribution in [2.24, 2.45) is 34.5 Å². The van der Waals surface area contributed by atoms with Gasteiger partial charge < -0.3 is 83.5 Å². The monoisotopic (exact) mass is 940 g/mol. The smallest absolute Gasteiger partial charge is 0.338 e. The molecule has 0 amide bonds. The van der Waals surface area contributed by atoms with E-state index in [-0.39, 0.29) is 67.5 Å². The fourth-order valence-electron chi connectivity index (χ4n) is 14.1. The van der Waals surface area contributed by atoms with E-state index < -0.39 is 121 Å². The third-order valence-corrected chi connectivity index (χ3v) is 17.9. The third kappa shape index (κ3) is 8.71. The Morgan fingerprint density at radius 2 is 1.32 bits per heavy atom. The van der Waals surface area contributed by atoms with E-state index in [0.29, 0.717) is 25.2 Å². The molecule has 5 heterocycles. The van der Waals surface area contributed by atoms with Gasteiger partial charge in [-0.2, -0.15) is 0 Å². The van der Waals surface area contributed by atoms with Crippen molar-refractivity contribution in [3.8, 4) is 0 Å². The molecule has 0 radical (unpaired) electrons. The summed E-state index contributed by atoms with van der Waals surface area (Å²) in [7, 11) is 0. The van der Waals surface area contributed by atoms with E-state index in [4.69, 9.17) is 42.6 Å². The molecular formula is C47H72O19. The number of cyclic esters (lactones) is 1. The molecule has 0 bridgehead atoms. The molecule has 8 fully saturated rings. The standard InChI is InChI=1S/C47H72O19/c1-20-39(54)32(63-44(56)43-40(55)29(48)15-35(53)64-43)18-38(59-20)66-42-22(3)61-37(17-31(42)50)65-41-21(2)60-36(16-30(41)49)62-25-8-10-45(4)24(13-25)6-7-27-28(45)14-33(51)46(5)26(9-11-47(27,46)57)23-12-34(52)58-19-23/h12,20-22,24-33,35-43,48-51,53-55,57H,6-11,13-19H2,1-5H3. The van der Waals surface area contributed by atoms with Crippen LogP contribution in [0.5, 0.6) is 0 Å². The lowest BCUT2D eigenvalue weighted by atomic mass is 9.42. The third-order valence-electron chi connectivity index (χ3n) is 17.9. The molecule has 9 rings (SSSR count). The minimum absolute atomic E-state index is 0.0118. The largest absolute Gasteiger partial charge is 0.458 e. The Bertz CT molecular complexity index is 1780. The van der Waals surface area contributed by atoms with E-state index >= 15 is 0 Å². The number of ether oxygens (including phenoxy) is 9. The molecule has 4 saturated heterocycles. The molecule has 25 unspecified atom stereocenters. The fourth-order valence-corrected chi connectivity index (χ4v) is 14.1. The molecule has 4 saturated carbocycles. The first-order chi connectivity index (χ1) is 31.2. The summed E-state index contributed by atoms with van der Waals surface area (Å²) in [5, 5.41) is 88.1. The number of aliphatic hydroxyl groups is 8. The van der Waals surface area contributed by atoms with Gasteiger partial charge in [-0.05, 0) is 107 Å². The minimum atomic E-state index is -1.68. The van der Waals surface area contributed by atoms with Crippen LogP contribution in [0.1, 0.15) is 112 Å². The number of rotatable bonds is 9. The summed E-state index contributed by atoms with van der Waals surface area (Å²) in [5.74, 6) is -1.03. The number of hydrogen-bond acceptors (Lipinski definition) is 19. The van der Waals surface area contributed by atoms with Crippen molar-refractivity contribution < 1.29 is 93.1 Å². The zero-order valence-corrected chi connectivity index (χ0v) is 38.5. The second kappa shape index (κ2) is 18.7. The van der Waals surface area contributed by atoms with Gasteiger partial charge in [-0.25, -0.2) is 9.59 Å². The van der Waals surface area contributed by atoms with E-state index in [0.717, 1.165) is 37.7 Å². The number of carbonyl (C=O) groups is 2. The van der Waals surface area contributed by atoms with E-state index in [2.05, 4.69) is 6.92 Å². The predicted octanol–water partition coefficient (Wildman–Crippen LogP) is 0.598. The first kappa shape index (κ1) is 49.1. The maximum absolute atomic E-state index is 12.9. The minimum Gasteiger partial charge on any atom is -0.458 e. The molecule has 4 aliphatic carbocycles. The number of hydrogen-bond donors (Lipinski definition) is 8. The maximum atomic E-state index is 12.9. The number of fused-ring (bicyclic) bond motifs is 5. The van der Waals surface area contributed by atoms with Crippen LogP contribution in [0.4, 0.5) is 0 Å². The van der Waals surface area contributed by atoms with Crippen LogP contribution < -0.4 is 0 Å². The van der Waals surface area contributed by atoms with Crippen molar-refractivity contribution in [2.45, 2.75) is 228 Å². The molecule has 66 heavy (non-hydrogen) atoms. The molecule has 19 nitrogen and oxygen atoms in total. The zero-order valence-electron chi connectivity index (χ0n) is 38.5. The molecule has 5 aliphatic heterocycles. The highest BCUT2D eigenvalue weighted by molar-refractivity contribution is 5.85. The van der Waals surface area contributed by atoms with Crippen LogP contribution in [0, 0.1) is 34.5 Å². The predicted molar refractivity (Wildman–Crippen MR) is 224 cm³/mol. The molecule has 25 atom stereocenters. The Morgan fingerprint density at radius 1 is 0.682 bits per heavy atom. The molecule has 0 spiro atoms. The van der Waals surface area contributed by atoms with Crippen LogP contribution in [-0.4, -0.2) is 176 Å². The van der Waals surface area contributed by atoms with Crippen LogP contribution in [-0.2, 0) is 52.2 Å². The van der Waals surface area contributed by atoms with Gasteiger partial charge in [-0.3, -0.25) is 0 Å². The lowest BCUT2D eigenvalue weighted by Gasteiger charge is -2.65. The van der Waals surface area contributed by atoms with Gasteiger partial charge in [0.25, 0.3) is 0 Å². The molecule has 374 valence electrons. The summed E-state index contributed by atoms with van der Waals surface area (Å²) >= 11 is 0. The normalized spacial score (nSPS) is 54.1. The molecule has 19 heteroatoms. The molecule has 0 aromatic heterocycles. The van der Waals surface area contributed by atoms with E-state index in [1.54, 1.807) is 26.8 Å². The Hall–Kier alpha value is -1.92. The lowest BCUT2D eigenvalue weighted by molar-refractivity contribution is -0.336. The van der Waals surface area contributed by atoms with Crippen LogP contribution in [0.3, 0.4) is 0 Å². The van der Waals surface area contributed by atoms with Gasteiger partial charge in [0.05, 0.1) is 54.4 Å². The summed E-state index contributed by atoms with van der Waals surface area (Å²) in [6.07, 6.45) is -10.6. The quantitative estimate of drug-likeness (QED) is 0.116. The average molecular weight is 941 g/mol. The Balaban J connectivity index is 0.748. The Morgan fingerprint density at radius 3 is 1.95 bits per heavy atom. The van der Waals surface area contributed by atoms with Gasteiger partial charge in [-0.1, -0.05) is 13.8 Å². The van der Waals surface area contributed by atoms with Crippen LogP contribution in [0.2, 0.25) is 0 Å². The maximum Gasteiger partial charge on any atom is 0.338 e. The van der Waals surface area contributed by atoms with Crippen molar-refractivity contribution in [1.82, 2.24) is 0 Å². The Kier molecular flexibility index (Phi) is 13.9. The summed E-state index contributed by atoms with van der Waals surface area (Å²) in [6, 6.07) is 0. The van der Waals surface area contributed by atoms with Crippen LogP contribution >= 0.6 is 0 Å². The average Bonchev–Trinajstić information content (AvgIpc) is 3.81. The second-order valence-electron chi connectivity index (χ2n) is 21.5. The van der Waals surface area contributed by atoms with E-state index in [1.807, 2.05) is 6.92 Å². The highest BCUT2D eigenvalue weighted by Gasteiger charge is 2.71. The van der Waals surface area contributed by atoms with E-state index in [1.165, 1.54) is 0 Å². The summed E-state index contributed by atoms with van der Waals surface area (Å²) in [4.78, 5) is 24.9.